The Balaban J connectivity index is 2.97. The second kappa shape index (κ2) is 5.60. The van der Waals surface area contributed by atoms with E-state index < -0.39 is 29.6 Å². The number of carbonyl (C=O) groups is 2. The Kier molecular flexibility index (Phi) is 4.56. The number of alkyl halides is 3. The molecule has 0 aliphatic rings. The van der Waals surface area contributed by atoms with Gasteiger partial charge in [0.05, 0.1) is 11.1 Å². The number of primary amides is 1. The summed E-state index contributed by atoms with van der Waals surface area (Å²) in [4.78, 5) is 22.5. The van der Waals surface area contributed by atoms with Crippen LogP contribution in [0.4, 0.5) is 13.2 Å². The molecule has 0 radical (unpaired) electrons. The monoisotopic (exact) mass is 338 g/mol. The van der Waals surface area contributed by atoms with Crippen molar-refractivity contribution in [2.75, 3.05) is 0 Å². The van der Waals surface area contributed by atoms with Gasteiger partial charge in [0.1, 0.15) is 6.04 Å². The second-order valence-corrected chi connectivity index (χ2v) is 4.64. The molecule has 0 saturated heterocycles. The van der Waals surface area contributed by atoms with Crippen LogP contribution in [-0.4, -0.2) is 17.9 Å². The molecule has 0 fully saturated rings. The van der Waals surface area contributed by atoms with Crippen molar-refractivity contribution >= 4 is 27.7 Å². The number of nitrogens with two attached hydrogens (primary N) is 1. The van der Waals surface area contributed by atoms with Gasteiger partial charge in [0.15, 0.2) is 0 Å². The van der Waals surface area contributed by atoms with E-state index in [0.717, 1.165) is 18.2 Å². The third-order valence-corrected chi connectivity index (χ3v) is 2.97. The maximum Gasteiger partial charge on any atom is 0.416 e. The lowest BCUT2D eigenvalue weighted by molar-refractivity contribution is -0.137. The largest absolute Gasteiger partial charge is 0.416 e. The number of hydrogen-bond acceptors (Lipinski definition) is 2. The molecule has 8 heteroatoms. The third kappa shape index (κ3) is 3.95. The van der Waals surface area contributed by atoms with Gasteiger partial charge in [-0.2, -0.15) is 13.2 Å². The molecule has 104 valence electrons. The van der Waals surface area contributed by atoms with Crippen LogP contribution in [0.3, 0.4) is 0 Å². The van der Waals surface area contributed by atoms with Gasteiger partial charge in [0.2, 0.25) is 5.91 Å². The van der Waals surface area contributed by atoms with Crippen LogP contribution in [-0.2, 0) is 11.0 Å². The normalized spacial score (nSPS) is 12.9. The topological polar surface area (TPSA) is 72.2 Å². The van der Waals surface area contributed by atoms with Crippen LogP contribution in [0.1, 0.15) is 22.8 Å². The summed E-state index contributed by atoms with van der Waals surface area (Å²) in [5, 5.41) is 2.27. The van der Waals surface area contributed by atoms with E-state index in [1.165, 1.54) is 6.92 Å². The Morgan fingerprint density at radius 3 is 2.37 bits per heavy atom. The Labute approximate surface area is 115 Å². The van der Waals surface area contributed by atoms with Gasteiger partial charge in [0, 0.05) is 4.47 Å². The molecule has 0 aliphatic carbocycles. The molecule has 4 nitrogen and oxygen atoms in total. The molecule has 0 aromatic heterocycles. The fourth-order valence-corrected chi connectivity index (χ4v) is 1.78. The van der Waals surface area contributed by atoms with Crippen molar-refractivity contribution in [1.29, 1.82) is 0 Å². The maximum atomic E-state index is 12.4. The molecule has 0 aliphatic heterocycles. The molecular formula is C11H10BrF3N2O2. The van der Waals surface area contributed by atoms with Crippen LogP contribution in [0.15, 0.2) is 22.7 Å². The van der Waals surface area contributed by atoms with Crippen LogP contribution in [0, 0.1) is 0 Å². The summed E-state index contributed by atoms with van der Waals surface area (Å²) in [6.07, 6.45) is -4.49. The van der Waals surface area contributed by atoms with Crippen LogP contribution >= 0.6 is 15.9 Å². The lowest BCUT2D eigenvalue weighted by Gasteiger charge is -2.13. The van der Waals surface area contributed by atoms with Crippen molar-refractivity contribution in [3.63, 3.8) is 0 Å². The van der Waals surface area contributed by atoms with Crippen molar-refractivity contribution < 1.29 is 22.8 Å². The van der Waals surface area contributed by atoms with Gasteiger partial charge < -0.3 is 11.1 Å². The van der Waals surface area contributed by atoms with Crippen LogP contribution in [0.25, 0.3) is 0 Å². The molecule has 2 amide bonds. The first-order chi connectivity index (χ1) is 8.62. The van der Waals surface area contributed by atoms with Crippen molar-refractivity contribution in [1.82, 2.24) is 5.32 Å². The first kappa shape index (κ1) is 15.5. The molecule has 0 bridgehead atoms. The fraction of sp³-hybridized carbons (Fsp3) is 0.273. The number of rotatable bonds is 3. The van der Waals surface area contributed by atoms with E-state index in [4.69, 9.17) is 5.73 Å². The third-order valence-electron chi connectivity index (χ3n) is 2.32. The van der Waals surface area contributed by atoms with E-state index in [-0.39, 0.29) is 10.0 Å². The van der Waals surface area contributed by atoms with E-state index in [2.05, 4.69) is 21.2 Å². The van der Waals surface area contributed by atoms with Crippen molar-refractivity contribution in [2.45, 2.75) is 19.1 Å². The summed E-state index contributed by atoms with van der Waals surface area (Å²) >= 11 is 2.89. The number of benzene rings is 1. The first-order valence-electron chi connectivity index (χ1n) is 5.10. The van der Waals surface area contributed by atoms with Gasteiger partial charge >= 0.3 is 6.18 Å². The van der Waals surface area contributed by atoms with E-state index in [0.29, 0.717) is 0 Å². The van der Waals surface area contributed by atoms with Gasteiger partial charge in [-0.05, 0) is 41.1 Å². The van der Waals surface area contributed by atoms with Crippen molar-refractivity contribution in [2.24, 2.45) is 5.73 Å². The van der Waals surface area contributed by atoms with Gasteiger partial charge in [-0.1, -0.05) is 0 Å². The quantitative estimate of drug-likeness (QED) is 0.885. The molecule has 0 heterocycles. The lowest BCUT2D eigenvalue weighted by atomic mass is 10.1. The molecule has 0 spiro atoms. The summed E-state index contributed by atoms with van der Waals surface area (Å²) in [6.45, 7) is 1.37. The highest BCUT2D eigenvalue weighted by atomic mass is 79.9. The highest BCUT2D eigenvalue weighted by Crippen LogP contribution is 2.32. The number of carbonyl (C=O) groups excluding carboxylic acids is 2. The number of hydrogen-bond donors (Lipinski definition) is 2. The smallest absolute Gasteiger partial charge is 0.368 e. The number of amides is 2. The average molecular weight is 339 g/mol. The van der Waals surface area contributed by atoms with E-state index in [9.17, 15) is 22.8 Å². The van der Waals surface area contributed by atoms with Crippen LogP contribution < -0.4 is 11.1 Å². The average Bonchev–Trinajstić information content (AvgIpc) is 2.27. The van der Waals surface area contributed by atoms with E-state index in [1.807, 2.05) is 0 Å². The Morgan fingerprint density at radius 2 is 1.95 bits per heavy atom. The highest BCUT2D eigenvalue weighted by Gasteiger charge is 2.31. The molecule has 1 unspecified atom stereocenters. The van der Waals surface area contributed by atoms with Crippen molar-refractivity contribution in [3.05, 3.63) is 33.8 Å². The zero-order valence-corrected chi connectivity index (χ0v) is 11.3. The summed E-state index contributed by atoms with van der Waals surface area (Å²) in [6, 6.07) is 1.69. The first-order valence-corrected chi connectivity index (χ1v) is 5.89. The lowest BCUT2D eigenvalue weighted by Crippen LogP contribution is -2.42. The predicted molar refractivity (Wildman–Crippen MR) is 65.3 cm³/mol. The zero-order chi connectivity index (χ0) is 14.8. The molecule has 0 saturated carbocycles. The summed E-state index contributed by atoms with van der Waals surface area (Å²) in [5.41, 5.74) is 4.08. The molecule has 1 rings (SSSR count). The van der Waals surface area contributed by atoms with Gasteiger partial charge in [-0.3, -0.25) is 9.59 Å². The molecule has 1 aromatic rings. The van der Waals surface area contributed by atoms with Crippen LogP contribution in [0.5, 0.6) is 0 Å². The molecule has 1 atom stereocenters. The maximum absolute atomic E-state index is 12.4. The number of halogens is 4. The minimum atomic E-state index is -4.49. The van der Waals surface area contributed by atoms with Crippen molar-refractivity contribution in [3.8, 4) is 0 Å². The van der Waals surface area contributed by atoms with Crippen LogP contribution in [0.2, 0.25) is 0 Å². The second-order valence-electron chi connectivity index (χ2n) is 3.79. The molecule has 3 N–H and O–H groups in total. The summed E-state index contributed by atoms with van der Waals surface area (Å²) in [5.74, 6) is -1.43. The fourth-order valence-electron chi connectivity index (χ4n) is 1.22. The van der Waals surface area contributed by atoms with Gasteiger partial charge in [-0.25, -0.2) is 0 Å². The van der Waals surface area contributed by atoms with E-state index >= 15 is 0 Å². The Bertz CT molecular complexity index is 517. The Hall–Kier alpha value is -1.57. The molecule has 1 aromatic carbocycles. The van der Waals surface area contributed by atoms with Gasteiger partial charge in [-0.15, -0.1) is 0 Å². The number of nitrogens with one attached hydrogen (secondary N) is 1. The van der Waals surface area contributed by atoms with E-state index in [1.54, 1.807) is 0 Å². The molecule has 19 heavy (non-hydrogen) atoms. The molecular weight excluding hydrogens is 329 g/mol. The summed E-state index contributed by atoms with van der Waals surface area (Å²) < 4.78 is 37.3. The highest BCUT2D eigenvalue weighted by molar-refractivity contribution is 9.10. The summed E-state index contributed by atoms with van der Waals surface area (Å²) in [7, 11) is 0. The zero-order valence-electron chi connectivity index (χ0n) is 9.72. The minimum Gasteiger partial charge on any atom is -0.368 e. The minimum absolute atomic E-state index is 0.0129. The predicted octanol–water partition coefficient (Wildman–Crippen LogP) is 2.07. The van der Waals surface area contributed by atoms with Gasteiger partial charge in [0.25, 0.3) is 5.91 Å². The SMILES string of the molecule is CC(NC(=O)c1ccc(C(F)(F)F)cc1Br)C(N)=O. The standard InChI is InChI=1S/C11H10BrF3N2O2/c1-5(9(16)18)17-10(19)7-3-2-6(4-8(7)12)11(13,14)15/h2-5H,1H3,(H2,16,18)(H,17,19). The Morgan fingerprint density at radius 1 is 1.37 bits per heavy atom.